The summed E-state index contributed by atoms with van der Waals surface area (Å²) in [5.41, 5.74) is 3.88. The average molecular weight is 376 g/mol. The van der Waals surface area contributed by atoms with Gasteiger partial charge in [-0.3, -0.25) is 9.59 Å². The SMILES string of the molecule is Cc1ccccc1-c1cc(O)c2c(c1)CN(C(=O)c1ccc(=O)[nH]c1)CCO2. The van der Waals surface area contributed by atoms with Crippen LogP contribution in [0.25, 0.3) is 11.1 Å². The number of nitrogens with zero attached hydrogens (tertiary/aromatic N) is 1. The summed E-state index contributed by atoms with van der Waals surface area (Å²) in [6, 6.07) is 14.4. The minimum absolute atomic E-state index is 0.0640. The van der Waals surface area contributed by atoms with Crippen molar-refractivity contribution in [2.75, 3.05) is 13.2 Å². The van der Waals surface area contributed by atoms with Crippen molar-refractivity contribution in [2.24, 2.45) is 0 Å². The number of aromatic nitrogens is 1. The maximum absolute atomic E-state index is 12.9. The Morgan fingerprint density at radius 1 is 1.18 bits per heavy atom. The first-order chi connectivity index (χ1) is 13.5. The van der Waals surface area contributed by atoms with Gasteiger partial charge in [-0.15, -0.1) is 0 Å². The van der Waals surface area contributed by atoms with Crippen molar-refractivity contribution >= 4 is 5.91 Å². The Bertz CT molecular complexity index is 1080. The van der Waals surface area contributed by atoms with Crippen LogP contribution < -0.4 is 10.3 Å². The van der Waals surface area contributed by atoms with Crippen LogP contribution in [0.4, 0.5) is 0 Å². The first kappa shape index (κ1) is 17.9. The Labute approximate surface area is 162 Å². The quantitative estimate of drug-likeness (QED) is 0.720. The molecule has 3 aromatic rings. The summed E-state index contributed by atoms with van der Waals surface area (Å²) >= 11 is 0. The molecule has 6 heteroatoms. The van der Waals surface area contributed by atoms with Crippen molar-refractivity contribution in [3.05, 3.63) is 81.8 Å². The lowest BCUT2D eigenvalue weighted by atomic mass is 9.97. The standard InChI is InChI=1S/C22H20N2O4/c1-14-4-2-3-5-18(14)16-10-17-13-24(8-9-28-21(17)19(25)11-16)22(27)15-6-7-20(26)23-12-15/h2-7,10-12,25H,8-9,13H2,1H3,(H,23,26). The molecule has 0 atom stereocenters. The van der Waals surface area contributed by atoms with Crippen LogP contribution in [0.5, 0.6) is 11.5 Å². The van der Waals surface area contributed by atoms with Gasteiger partial charge in [0.25, 0.3) is 5.91 Å². The molecule has 0 fully saturated rings. The summed E-state index contributed by atoms with van der Waals surface area (Å²) in [5.74, 6) is 0.275. The largest absolute Gasteiger partial charge is 0.504 e. The average Bonchev–Trinajstić information content (AvgIpc) is 2.91. The van der Waals surface area contributed by atoms with Gasteiger partial charge in [-0.05, 0) is 41.8 Å². The van der Waals surface area contributed by atoms with Gasteiger partial charge >= 0.3 is 0 Å². The first-order valence-electron chi connectivity index (χ1n) is 9.05. The third kappa shape index (κ3) is 3.36. The number of phenolic OH excluding ortho intramolecular Hbond substituents is 1. The molecule has 2 N–H and O–H groups in total. The van der Waals surface area contributed by atoms with Crippen LogP contribution in [0.3, 0.4) is 0 Å². The predicted octanol–water partition coefficient (Wildman–Crippen LogP) is 3.09. The monoisotopic (exact) mass is 376 g/mol. The number of carbonyl (C=O) groups is 1. The fourth-order valence-corrected chi connectivity index (χ4v) is 3.45. The number of aryl methyl sites for hydroxylation is 1. The Hall–Kier alpha value is -3.54. The molecule has 1 amide bonds. The van der Waals surface area contributed by atoms with Gasteiger partial charge in [0.2, 0.25) is 5.56 Å². The lowest BCUT2D eigenvalue weighted by Crippen LogP contribution is -2.32. The highest BCUT2D eigenvalue weighted by molar-refractivity contribution is 5.94. The topological polar surface area (TPSA) is 82.6 Å². The van der Waals surface area contributed by atoms with E-state index >= 15 is 0 Å². The highest BCUT2D eigenvalue weighted by Gasteiger charge is 2.24. The molecule has 6 nitrogen and oxygen atoms in total. The van der Waals surface area contributed by atoms with Gasteiger partial charge in [0, 0.05) is 24.4 Å². The summed E-state index contributed by atoms with van der Waals surface area (Å²) in [6.45, 7) is 2.98. The number of fused-ring (bicyclic) bond motifs is 1. The molecule has 0 saturated heterocycles. The molecular formula is C22H20N2O4. The second-order valence-corrected chi connectivity index (χ2v) is 6.82. The molecule has 1 aliphatic rings. The number of benzene rings is 2. The zero-order valence-electron chi connectivity index (χ0n) is 15.4. The Balaban J connectivity index is 1.70. The molecule has 4 rings (SSSR count). The van der Waals surface area contributed by atoms with Crippen LogP contribution in [0.1, 0.15) is 21.5 Å². The van der Waals surface area contributed by atoms with Gasteiger partial charge in [-0.2, -0.15) is 0 Å². The van der Waals surface area contributed by atoms with E-state index < -0.39 is 0 Å². The maximum Gasteiger partial charge on any atom is 0.255 e. The van der Waals surface area contributed by atoms with Crippen LogP contribution in [0.15, 0.2) is 59.5 Å². The van der Waals surface area contributed by atoms with Crippen molar-refractivity contribution in [3.63, 3.8) is 0 Å². The number of nitrogens with one attached hydrogen (secondary N) is 1. The fraction of sp³-hybridized carbons (Fsp3) is 0.182. The smallest absolute Gasteiger partial charge is 0.255 e. The number of aromatic amines is 1. The van der Waals surface area contributed by atoms with Gasteiger partial charge in [0.15, 0.2) is 11.5 Å². The van der Waals surface area contributed by atoms with Gasteiger partial charge < -0.3 is 19.7 Å². The van der Waals surface area contributed by atoms with E-state index in [9.17, 15) is 14.7 Å². The molecule has 1 aliphatic heterocycles. The van der Waals surface area contributed by atoms with E-state index in [1.807, 2.05) is 37.3 Å². The summed E-state index contributed by atoms with van der Waals surface area (Å²) in [6.07, 6.45) is 1.42. The number of aromatic hydroxyl groups is 1. The summed E-state index contributed by atoms with van der Waals surface area (Å²) in [5, 5.41) is 10.5. The number of pyridine rings is 1. The number of rotatable bonds is 2. The van der Waals surface area contributed by atoms with E-state index in [0.717, 1.165) is 22.3 Å². The molecule has 1 aromatic heterocycles. The highest BCUT2D eigenvalue weighted by atomic mass is 16.5. The zero-order chi connectivity index (χ0) is 19.7. The molecule has 0 aliphatic carbocycles. The van der Waals surface area contributed by atoms with Gasteiger partial charge in [-0.1, -0.05) is 24.3 Å². The number of H-pyrrole nitrogens is 1. The van der Waals surface area contributed by atoms with Gasteiger partial charge in [0.1, 0.15) is 6.61 Å². The lowest BCUT2D eigenvalue weighted by Gasteiger charge is -2.20. The van der Waals surface area contributed by atoms with Crippen LogP contribution in [0, 0.1) is 6.92 Å². The van der Waals surface area contributed by atoms with Crippen LogP contribution in [0.2, 0.25) is 0 Å². The zero-order valence-corrected chi connectivity index (χ0v) is 15.4. The number of hydrogen-bond acceptors (Lipinski definition) is 4. The molecular weight excluding hydrogens is 356 g/mol. The van der Waals surface area contributed by atoms with E-state index in [1.54, 1.807) is 11.0 Å². The lowest BCUT2D eigenvalue weighted by molar-refractivity contribution is 0.0732. The molecule has 0 bridgehead atoms. The van der Waals surface area contributed by atoms with Crippen molar-refractivity contribution < 1.29 is 14.6 Å². The van der Waals surface area contributed by atoms with Gasteiger partial charge in [0.05, 0.1) is 12.1 Å². The Morgan fingerprint density at radius 2 is 2.00 bits per heavy atom. The van der Waals surface area contributed by atoms with E-state index in [-0.39, 0.29) is 23.8 Å². The Morgan fingerprint density at radius 3 is 2.75 bits per heavy atom. The number of ether oxygens (including phenoxy) is 1. The van der Waals surface area contributed by atoms with Crippen LogP contribution in [-0.4, -0.2) is 34.0 Å². The first-order valence-corrected chi connectivity index (χ1v) is 9.05. The minimum Gasteiger partial charge on any atom is -0.504 e. The number of carbonyl (C=O) groups excluding carboxylic acids is 1. The molecule has 142 valence electrons. The number of amides is 1. The van der Waals surface area contributed by atoms with Crippen molar-refractivity contribution in [1.29, 1.82) is 0 Å². The number of hydrogen-bond donors (Lipinski definition) is 2. The van der Waals surface area contributed by atoms with Crippen molar-refractivity contribution in [2.45, 2.75) is 13.5 Å². The van der Waals surface area contributed by atoms with Crippen LogP contribution in [-0.2, 0) is 6.54 Å². The molecule has 2 heterocycles. The molecule has 0 spiro atoms. The van der Waals surface area contributed by atoms with Crippen molar-refractivity contribution in [3.8, 4) is 22.6 Å². The normalized spacial score (nSPS) is 13.4. The molecule has 2 aromatic carbocycles. The van der Waals surface area contributed by atoms with E-state index in [0.29, 0.717) is 24.4 Å². The third-order valence-corrected chi connectivity index (χ3v) is 4.89. The second kappa shape index (κ2) is 7.23. The second-order valence-electron chi connectivity index (χ2n) is 6.82. The number of phenols is 1. The molecule has 28 heavy (non-hydrogen) atoms. The van der Waals surface area contributed by atoms with Gasteiger partial charge in [-0.25, -0.2) is 0 Å². The van der Waals surface area contributed by atoms with Crippen LogP contribution >= 0.6 is 0 Å². The van der Waals surface area contributed by atoms with Crippen molar-refractivity contribution in [1.82, 2.24) is 9.88 Å². The molecule has 0 saturated carbocycles. The fourth-order valence-electron chi connectivity index (χ4n) is 3.45. The summed E-state index contributed by atoms with van der Waals surface area (Å²) < 4.78 is 5.73. The maximum atomic E-state index is 12.9. The van der Waals surface area contributed by atoms with E-state index in [4.69, 9.17) is 4.74 Å². The molecule has 0 unspecified atom stereocenters. The highest BCUT2D eigenvalue weighted by Crippen LogP contribution is 2.38. The summed E-state index contributed by atoms with van der Waals surface area (Å²) in [4.78, 5) is 28.3. The molecule has 0 radical (unpaired) electrons. The van der Waals surface area contributed by atoms with E-state index in [2.05, 4.69) is 4.98 Å². The van der Waals surface area contributed by atoms with E-state index in [1.165, 1.54) is 18.3 Å². The predicted molar refractivity (Wildman–Crippen MR) is 106 cm³/mol. The third-order valence-electron chi connectivity index (χ3n) is 4.89. The summed E-state index contributed by atoms with van der Waals surface area (Å²) in [7, 11) is 0. The minimum atomic E-state index is -0.256. The Kier molecular flexibility index (Phi) is 4.61.